The van der Waals surface area contributed by atoms with Crippen LogP contribution in [-0.2, 0) is 11.3 Å². The number of benzene rings is 3. The lowest BCUT2D eigenvalue weighted by Crippen LogP contribution is -2.35. The Morgan fingerprint density at radius 3 is 2.60 bits per heavy atom. The third-order valence-electron chi connectivity index (χ3n) is 8.12. The van der Waals surface area contributed by atoms with Crippen molar-refractivity contribution in [3.63, 3.8) is 0 Å². The Balaban J connectivity index is 1.24. The monoisotopic (exact) mass is 697 g/mol. The lowest BCUT2D eigenvalue weighted by Gasteiger charge is -2.30. The Morgan fingerprint density at radius 2 is 1.83 bits per heavy atom. The number of nitrogens with zero attached hydrogens (tertiary/aromatic N) is 4. The molecule has 0 bridgehead atoms. The zero-order chi connectivity index (χ0) is 33.7. The molecule has 4 aromatic rings. The highest BCUT2D eigenvalue weighted by Gasteiger charge is 2.26. The highest BCUT2D eigenvalue weighted by atomic mass is 35.5. The Bertz CT molecular complexity index is 1750. The van der Waals surface area contributed by atoms with Crippen molar-refractivity contribution in [1.82, 2.24) is 9.78 Å². The van der Waals surface area contributed by atoms with E-state index in [0.717, 1.165) is 49.8 Å². The minimum atomic E-state index is -0.528. The number of carbonyl (C=O) groups is 2. The van der Waals surface area contributed by atoms with Gasteiger partial charge < -0.3 is 14.1 Å². The number of Topliss-reactive ketones (excluding diaryl/α,β-unsaturated/α-hetero) is 1. The summed E-state index contributed by atoms with van der Waals surface area (Å²) < 4.78 is 23.5. The van der Waals surface area contributed by atoms with Gasteiger partial charge in [-0.2, -0.15) is 5.10 Å². The summed E-state index contributed by atoms with van der Waals surface area (Å²) >= 11 is 14.4. The number of hydrogen-bond donors (Lipinski definition) is 0. The second-order valence-electron chi connectivity index (χ2n) is 12.7. The molecule has 1 aliphatic rings. The van der Waals surface area contributed by atoms with Crippen molar-refractivity contribution in [3.05, 3.63) is 93.5 Å². The van der Waals surface area contributed by atoms with Gasteiger partial charge in [-0.3, -0.25) is 14.3 Å². The predicted molar refractivity (Wildman–Crippen MR) is 189 cm³/mol. The number of anilines is 1. The van der Waals surface area contributed by atoms with Crippen LogP contribution in [0.15, 0.2) is 65.8 Å². The maximum Gasteiger partial charge on any atom is 0.227 e. The van der Waals surface area contributed by atoms with Gasteiger partial charge in [-0.25, -0.2) is 4.39 Å². The number of thioether (sulfide) groups is 1. The van der Waals surface area contributed by atoms with Gasteiger partial charge >= 0.3 is 0 Å². The van der Waals surface area contributed by atoms with Crippen molar-refractivity contribution >= 4 is 52.3 Å². The van der Waals surface area contributed by atoms with Crippen LogP contribution in [0.25, 0.3) is 11.1 Å². The fourth-order valence-corrected chi connectivity index (χ4v) is 7.12. The molecule has 0 atom stereocenters. The number of ether oxygens (including phenoxy) is 1. The molecule has 0 spiro atoms. The van der Waals surface area contributed by atoms with E-state index in [1.54, 1.807) is 28.7 Å². The summed E-state index contributed by atoms with van der Waals surface area (Å²) in [5.74, 6) is 0.898. The number of carbonyl (C=O) groups excluding carboxylic acids is 2. The molecule has 47 heavy (non-hydrogen) atoms. The average Bonchev–Trinajstić information content (AvgIpc) is 3.50. The van der Waals surface area contributed by atoms with Crippen LogP contribution in [-0.4, -0.2) is 72.5 Å². The quantitative estimate of drug-likeness (QED) is 0.0799. The van der Waals surface area contributed by atoms with E-state index in [1.165, 1.54) is 6.07 Å². The molecule has 0 aliphatic carbocycles. The number of rotatable bonds is 13. The normalized spacial score (nSPS) is 13.0. The standard InChI is InChI=1S/C36H40Cl2FN4O3S/c1-24-29(37)10-6-13-34(24)46-17-8-14-35(45)42-15-18-47-36-27(9-5-11-32(36)42)26-21-40-41(22-26)23-28-30(38)19-25(20-31(28)39)33(44)12-7-16-43(2,3)4/h5-6,9-11,13,19-22H,7-8,12,14-18,23H2,1-4H3/q+1. The number of ketones is 1. The molecule has 11 heteroatoms. The first kappa shape index (κ1) is 35.0. The van der Waals surface area contributed by atoms with Crippen LogP contribution in [0.4, 0.5) is 10.1 Å². The lowest BCUT2D eigenvalue weighted by molar-refractivity contribution is -0.870. The number of amides is 1. The Hall–Kier alpha value is -3.37. The smallest absolute Gasteiger partial charge is 0.227 e. The molecule has 3 aromatic carbocycles. The van der Waals surface area contributed by atoms with E-state index < -0.39 is 5.82 Å². The summed E-state index contributed by atoms with van der Waals surface area (Å²) in [5, 5.41) is 5.35. The third-order valence-corrected chi connectivity index (χ3v) is 9.97. The maximum atomic E-state index is 15.2. The summed E-state index contributed by atoms with van der Waals surface area (Å²) in [7, 11) is 6.21. The maximum absolute atomic E-state index is 15.2. The number of fused-ring (bicyclic) bond motifs is 1. The van der Waals surface area contributed by atoms with Crippen molar-refractivity contribution in [1.29, 1.82) is 0 Å². The van der Waals surface area contributed by atoms with Crippen molar-refractivity contribution in [2.45, 2.75) is 44.0 Å². The van der Waals surface area contributed by atoms with E-state index in [0.29, 0.717) is 43.9 Å². The summed E-state index contributed by atoms with van der Waals surface area (Å²) in [5.41, 5.74) is 4.14. The summed E-state index contributed by atoms with van der Waals surface area (Å²) in [4.78, 5) is 28.9. The minimum Gasteiger partial charge on any atom is -0.493 e. The average molecular weight is 699 g/mol. The van der Waals surface area contributed by atoms with Gasteiger partial charge in [0.15, 0.2) is 5.78 Å². The predicted octanol–water partition coefficient (Wildman–Crippen LogP) is 8.32. The highest BCUT2D eigenvalue weighted by Crippen LogP contribution is 2.42. The summed E-state index contributed by atoms with van der Waals surface area (Å²) in [6, 6.07) is 14.3. The fourth-order valence-electron chi connectivity index (χ4n) is 5.54. The van der Waals surface area contributed by atoms with Crippen LogP contribution in [0.1, 0.15) is 47.2 Å². The largest absolute Gasteiger partial charge is 0.493 e. The summed E-state index contributed by atoms with van der Waals surface area (Å²) in [6.45, 7) is 3.92. The SMILES string of the molecule is Cc1c(Cl)cccc1OCCCC(=O)N1CCSc2c(-c3cnn(Cc4c(F)cc(C(=O)CCC[N+](C)(C)C)cc4Cl)c3)cccc21. The van der Waals surface area contributed by atoms with Gasteiger partial charge in [0.25, 0.3) is 0 Å². The van der Waals surface area contributed by atoms with Gasteiger partial charge in [0.1, 0.15) is 11.6 Å². The molecule has 0 N–H and O–H groups in total. The van der Waals surface area contributed by atoms with E-state index >= 15 is 4.39 Å². The number of hydrogen-bond acceptors (Lipinski definition) is 5. The molecule has 0 radical (unpaired) electrons. The van der Waals surface area contributed by atoms with E-state index in [-0.39, 0.29) is 34.4 Å². The van der Waals surface area contributed by atoms with Gasteiger partial charge in [-0.15, -0.1) is 11.8 Å². The minimum absolute atomic E-state index is 0.0474. The van der Waals surface area contributed by atoms with Crippen LogP contribution >= 0.6 is 35.0 Å². The van der Waals surface area contributed by atoms with Gasteiger partial charge in [0.05, 0.1) is 52.7 Å². The molecular weight excluding hydrogens is 658 g/mol. The molecule has 0 saturated heterocycles. The van der Waals surface area contributed by atoms with Crippen LogP contribution in [0.2, 0.25) is 10.0 Å². The van der Waals surface area contributed by atoms with E-state index in [1.807, 2.05) is 54.4 Å². The zero-order valence-corrected chi connectivity index (χ0v) is 29.5. The first-order valence-electron chi connectivity index (χ1n) is 15.7. The van der Waals surface area contributed by atoms with E-state index in [9.17, 15) is 9.59 Å². The molecule has 1 aliphatic heterocycles. The fraction of sp³-hybridized carbons (Fsp3) is 0.361. The van der Waals surface area contributed by atoms with Crippen LogP contribution in [0, 0.1) is 12.7 Å². The van der Waals surface area contributed by atoms with Crippen molar-refractivity contribution in [2.75, 3.05) is 51.5 Å². The third kappa shape index (κ3) is 8.76. The Morgan fingerprint density at radius 1 is 1.04 bits per heavy atom. The molecule has 1 amide bonds. The van der Waals surface area contributed by atoms with Crippen LogP contribution in [0.3, 0.4) is 0 Å². The molecule has 0 fully saturated rings. The first-order valence-corrected chi connectivity index (χ1v) is 17.4. The molecular formula is C36H40Cl2FN4O3S+. The van der Waals surface area contributed by atoms with Crippen LogP contribution < -0.4 is 9.64 Å². The van der Waals surface area contributed by atoms with Gasteiger partial charge in [0.2, 0.25) is 5.91 Å². The second-order valence-corrected chi connectivity index (χ2v) is 14.7. The van der Waals surface area contributed by atoms with Gasteiger partial charge in [-0.05, 0) is 43.7 Å². The number of aromatic nitrogens is 2. The Labute approximate surface area is 290 Å². The van der Waals surface area contributed by atoms with Crippen LogP contribution in [0.5, 0.6) is 5.75 Å². The molecule has 5 rings (SSSR count). The second kappa shape index (κ2) is 15.2. The summed E-state index contributed by atoms with van der Waals surface area (Å²) in [6.07, 6.45) is 5.59. The van der Waals surface area contributed by atoms with Crippen molar-refractivity contribution < 1.29 is 23.2 Å². The Kier molecular flexibility index (Phi) is 11.3. The molecule has 1 aromatic heterocycles. The van der Waals surface area contributed by atoms with Gasteiger partial charge in [0, 0.05) is 80.5 Å². The number of quaternary nitrogens is 1. The zero-order valence-electron chi connectivity index (χ0n) is 27.2. The number of halogens is 3. The molecule has 0 unspecified atom stereocenters. The highest BCUT2D eigenvalue weighted by molar-refractivity contribution is 7.99. The van der Waals surface area contributed by atoms with Crippen molar-refractivity contribution in [3.8, 4) is 16.9 Å². The molecule has 0 saturated carbocycles. The molecule has 248 valence electrons. The molecule has 2 heterocycles. The van der Waals surface area contributed by atoms with E-state index in [2.05, 4.69) is 26.2 Å². The van der Waals surface area contributed by atoms with Crippen molar-refractivity contribution in [2.24, 2.45) is 0 Å². The first-order chi connectivity index (χ1) is 22.4. The lowest BCUT2D eigenvalue weighted by atomic mass is 10.0. The topological polar surface area (TPSA) is 64.4 Å². The van der Waals surface area contributed by atoms with E-state index in [4.69, 9.17) is 27.9 Å². The van der Waals surface area contributed by atoms with Gasteiger partial charge in [-0.1, -0.05) is 41.4 Å². The molecule has 7 nitrogen and oxygen atoms in total.